The number of hydrogen-bond donors (Lipinski definition) is 2. The summed E-state index contributed by atoms with van der Waals surface area (Å²) in [6.07, 6.45) is 0.666. The standard InChI is InChI=1S/C23H27ClN4O3/c1-16-11-17(2)13-18(12-16)22(30)25-15-21(29)27-7-4-8-28(10-9-27)23(31)26-20-6-3-5-19(24)14-20/h3,5-6,11-14H,4,7-10,15H2,1-2H3,(H,25,30)(H,26,31). The Bertz CT molecular complexity index is 959. The smallest absolute Gasteiger partial charge is 0.321 e. The van der Waals surface area contributed by atoms with Gasteiger partial charge >= 0.3 is 6.03 Å². The van der Waals surface area contributed by atoms with Gasteiger partial charge in [0.15, 0.2) is 0 Å². The van der Waals surface area contributed by atoms with Gasteiger partial charge in [-0.2, -0.15) is 0 Å². The Morgan fingerprint density at radius 1 is 0.935 bits per heavy atom. The summed E-state index contributed by atoms with van der Waals surface area (Å²) in [5, 5.41) is 6.09. The highest BCUT2D eigenvalue weighted by molar-refractivity contribution is 6.30. The zero-order valence-electron chi connectivity index (χ0n) is 17.8. The van der Waals surface area contributed by atoms with Crippen LogP contribution in [0.4, 0.5) is 10.5 Å². The first kappa shape index (κ1) is 22.6. The van der Waals surface area contributed by atoms with Crippen molar-refractivity contribution in [3.8, 4) is 0 Å². The molecule has 164 valence electrons. The fourth-order valence-corrected chi connectivity index (χ4v) is 3.80. The molecule has 7 nitrogen and oxygen atoms in total. The molecule has 1 heterocycles. The molecule has 0 saturated carbocycles. The number of anilines is 1. The molecule has 2 aromatic carbocycles. The van der Waals surface area contributed by atoms with Crippen molar-refractivity contribution in [2.75, 3.05) is 38.0 Å². The molecule has 0 radical (unpaired) electrons. The summed E-state index contributed by atoms with van der Waals surface area (Å²) in [7, 11) is 0. The maximum Gasteiger partial charge on any atom is 0.321 e. The summed E-state index contributed by atoms with van der Waals surface area (Å²) in [5.74, 6) is -0.424. The highest BCUT2D eigenvalue weighted by atomic mass is 35.5. The minimum atomic E-state index is -0.266. The van der Waals surface area contributed by atoms with E-state index < -0.39 is 0 Å². The SMILES string of the molecule is Cc1cc(C)cc(C(=O)NCC(=O)N2CCCN(C(=O)Nc3cccc(Cl)c3)CC2)c1. The number of aryl methyl sites for hydroxylation is 2. The van der Waals surface area contributed by atoms with Crippen molar-refractivity contribution in [1.29, 1.82) is 0 Å². The van der Waals surface area contributed by atoms with Gasteiger partial charge in [-0.15, -0.1) is 0 Å². The fraction of sp³-hybridized carbons (Fsp3) is 0.348. The van der Waals surface area contributed by atoms with E-state index >= 15 is 0 Å². The Kier molecular flexibility index (Phi) is 7.52. The second kappa shape index (κ2) is 10.3. The Hall–Kier alpha value is -3.06. The van der Waals surface area contributed by atoms with E-state index in [4.69, 9.17) is 11.6 Å². The van der Waals surface area contributed by atoms with Gasteiger partial charge in [-0.3, -0.25) is 9.59 Å². The summed E-state index contributed by atoms with van der Waals surface area (Å²) in [5.41, 5.74) is 3.18. The van der Waals surface area contributed by atoms with E-state index in [1.165, 1.54) is 0 Å². The van der Waals surface area contributed by atoms with Crippen molar-refractivity contribution in [1.82, 2.24) is 15.1 Å². The third-order valence-electron chi connectivity index (χ3n) is 5.10. The number of carbonyl (C=O) groups excluding carboxylic acids is 3. The number of halogens is 1. The molecule has 2 N–H and O–H groups in total. The van der Waals surface area contributed by atoms with Gasteiger partial charge in [0.1, 0.15) is 0 Å². The zero-order valence-corrected chi connectivity index (χ0v) is 18.5. The van der Waals surface area contributed by atoms with Crippen LogP contribution in [0.3, 0.4) is 0 Å². The Morgan fingerprint density at radius 3 is 2.32 bits per heavy atom. The summed E-state index contributed by atoms with van der Waals surface area (Å²) in [4.78, 5) is 40.9. The van der Waals surface area contributed by atoms with Crippen LogP contribution in [0.5, 0.6) is 0 Å². The molecule has 1 saturated heterocycles. The van der Waals surface area contributed by atoms with Crippen molar-refractivity contribution in [3.63, 3.8) is 0 Å². The zero-order chi connectivity index (χ0) is 22.4. The third-order valence-corrected chi connectivity index (χ3v) is 5.33. The molecular weight excluding hydrogens is 416 g/mol. The number of urea groups is 1. The maximum atomic E-state index is 12.6. The monoisotopic (exact) mass is 442 g/mol. The van der Waals surface area contributed by atoms with Crippen molar-refractivity contribution in [3.05, 3.63) is 64.2 Å². The van der Waals surface area contributed by atoms with E-state index in [1.54, 1.807) is 46.2 Å². The van der Waals surface area contributed by atoms with Gasteiger partial charge in [-0.1, -0.05) is 34.9 Å². The lowest BCUT2D eigenvalue weighted by molar-refractivity contribution is -0.129. The fourth-order valence-electron chi connectivity index (χ4n) is 3.61. The van der Waals surface area contributed by atoms with Gasteiger partial charge in [0.25, 0.3) is 5.91 Å². The van der Waals surface area contributed by atoms with Gasteiger partial charge in [-0.05, 0) is 50.6 Å². The number of rotatable bonds is 4. The predicted molar refractivity (Wildman–Crippen MR) is 121 cm³/mol. The van der Waals surface area contributed by atoms with Crippen LogP contribution in [0.1, 0.15) is 27.9 Å². The van der Waals surface area contributed by atoms with Crippen LogP contribution in [-0.4, -0.2) is 60.4 Å². The molecule has 3 rings (SSSR count). The second-order valence-corrected chi connectivity index (χ2v) is 8.16. The average Bonchev–Trinajstić information content (AvgIpc) is 2.97. The summed E-state index contributed by atoms with van der Waals surface area (Å²) < 4.78 is 0. The molecule has 0 aliphatic carbocycles. The van der Waals surface area contributed by atoms with E-state index in [0.717, 1.165) is 11.1 Å². The van der Waals surface area contributed by atoms with Crippen LogP contribution >= 0.6 is 11.6 Å². The largest absolute Gasteiger partial charge is 0.343 e. The Labute approximate surface area is 187 Å². The molecule has 0 spiro atoms. The van der Waals surface area contributed by atoms with Gasteiger partial charge in [0, 0.05) is 42.5 Å². The minimum Gasteiger partial charge on any atom is -0.343 e. The number of amides is 4. The highest BCUT2D eigenvalue weighted by Crippen LogP contribution is 2.16. The molecule has 8 heteroatoms. The van der Waals surface area contributed by atoms with E-state index in [1.807, 2.05) is 19.9 Å². The Balaban J connectivity index is 1.50. The van der Waals surface area contributed by atoms with Gasteiger partial charge in [0.05, 0.1) is 6.54 Å². The topological polar surface area (TPSA) is 81.8 Å². The quantitative estimate of drug-likeness (QED) is 0.760. The van der Waals surface area contributed by atoms with E-state index in [2.05, 4.69) is 10.6 Å². The van der Waals surface area contributed by atoms with Crippen molar-refractivity contribution < 1.29 is 14.4 Å². The van der Waals surface area contributed by atoms with Crippen LogP contribution < -0.4 is 10.6 Å². The minimum absolute atomic E-state index is 0.0689. The normalized spacial score (nSPS) is 14.0. The van der Waals surface area contributed by atoms with Crippen molar-refractivity contribution in [2.45, 2.75) is 20.3 Å². The van der Waals surface area contributed by atoms with Crippen LogP contribution in [-0.2, 0) is 4.79 Å². The number of nitrogens with one attached hydrogen (secondary N) is 2. The molecule has 1 aliphatic rings. The molecule has 0 aromatic heterocycles. The number of hydrogen-bond acceptors (Lipinski definition) is 3. The number of carbonyl (C=O) groups is 3. The van der Waals surface area contributed by atoms with Crippen molar-refractivity contribution >= 4 is 35.1 Å². The van der Waals surface area contributed by atoms with Crippen LogP contribution in [0.25, 0.3) is 0 Å². The highest BCUT2D eigenvalue weighted by Gasteiger charge is 2.22. The van der Waals surface area contributed by atoms with Gasteiger partial charge < -0.3 is 20.4 Å². The van der Waals surface area contributed by atoms with Gasteiger partial charge in [-0.25, -0.2) is 4.79 Å². The average molecular weight is 443 g/mol. The lowest BCUT2D eigenvalue weighted by Crippen LogP contribution is -2.43. The van der Waals surface area contributed by atoms with E-state index in [-0.39, 0.29) is 24.4 Å². The van der Waals surface area contributed by atoms with Gasteiger partial charge in [0.2, 0.25) is 5.91 Å². The summed E-state index contributed by atoms with van der Waals surface area (Å²) >= 11 is 5.96. The van der Waals surface area contributed by atoms with Crippen LogP contribution in [0.2, 0.25) is 5.02 Å². The number of nitrogens with zero attached hydrogens (tertiary/aromatic N) is 2. The lowest BCUT2D eigenvalue weighted by atomic mass is 10.1. The molecule has 4 amide bonds. The molecule has 2 aromatic rings. The Morgan fingerprint density at radius 2 is 1.61 bits per heavy atom. The summed E-state index contributed by atoms with van der Waals surface area (Å²) in [6.45, 7) is 5.72. The molecule has 0 atom stereocenters. The predicted octanol–water partition coefficient (Wildman–Crippen LogP) is 3.45. The molecule has 1 fully saturated rings. The molecular formula is C23H27ClN4O3. The lowest BCUT2D eigenvalue weighted by Gasteiger charge is -2.22. The molecule has 1 aliphatic heterocycles. The maximum absolute atomic E-state index is 12.6. The van der Waals surface area contributed by atoms with E-state index in [0.29, 0.717) is 48.9 Å². The third kappa shape index (κ3) is 6.46. The summed E-state index contributed by atoms with van der Waals surface area (Å²) in [6, 6.07) is 12.3. The van der Waals surface area contributed by atoms with Crippen LogP contribution in [0, 0.1) is 13.8 Å². The first-order chi connectivity index (χ1) is 14.8. The molecule has 0 unspecified atom stereocenters. The molecule has 0 bridgehead atoms. The van der Waals surface area contributed by atoms with Crippen molar-refractivity contribution in [2.24, 2.45) is 0 Å². The second-order valence-electron chi connectivity index (χ2n) is 7.72. The molecule has 31 heavy (non-hydrogen) atoms. The van der Waals surface area contributed by atoms with E-state index in [9.17, 15) is 14.4 Å². The first-order valence-corrected chi connectivity index (χ1v) is 10.7. The first-order valence-electron chi connectivity index (χ1n) is 10.3. The number of benzene rings is 2. The van der Waals surface area contributed by atoms with Crippen LogP contribution in [0.15, 0.2) is 42.5 Å².